The number of rotatable bonds is 5. The first-order valence-corrected chi connectivity index (χ1v) is 9.57. The molecule has 0 bridgehead atoms. The molecule has 2 aliphatic rings. The number of anilines is 1. The zero-order valence-electron chi connectivity index (χ0n) is 16.1. The van der Waals surface area contributed by atoms with Gasteiger partial charge in [-0.15, -0.1) is 0 Å². The minimum Gasteiger partial charge on any atom is -0.465 e. The summed E-state index contributed by atoms with van der Waals surface area (Å²) in [7, 11) is 3.26. The van der Waals surface area contributed by atoms with Crippen LogP contribution in [0.1, 0.15) is 22.3 Å². The van der Waals surface area contributed by atoms with Crippen LogP contribution in [-0.4, -0.2) is 45.5 Å². The molecule has 1 saturated carbocycles. The summed E-state index contributed by atoms with van der Waals surface area (Å²) >= 11 is 0. The quantitative estimate of drug-likeness (QED) is 0.640. The molecule has 2 atom stereocenters. The van der Waals surface area contributed by atoms with Crippen molar-refractivity contribution in [3.8, 4) is 11.1 Å². The number of methoxy groups -OCH3 is 1. The van der Waals surface area contributed by atoms with Gasteiger partial charge in [-0.3, -0.25) is 4.68 Å². The van der Waals surface area contributed by atoms with Crippen molar-refractivity contribution in [2.75, 3.05) is 25.1 Å². The molecule has 28 heavy (non-hydrogen) atoms. The van der Waals surface area contributed by atoms with Crippen molar-refractivity contribution in [2.45, 2.75) is 13.0 Å². The molecule has 0 aromatic carbocycles. The molecule has 4 heterocycles. The molecule has 2 unspecified atom stereocenters. The summed E-state index contributed by atoms with van der Waals surface area (Å²) < 4.78 is 8.67. The molecule has 3 aromatic rings. The van der Waals surface area contributed by atoms with Crippen LogP contribution in [0.4, 0.5) is 5.82 Å². The monoisotopic (exact) mass is 377 g/mol. The lowest BCUT2D eigenvalue weighted by atomic mass is 10.1. The number of carbonyl (C=O) groups is 1. The van der Waals surface area contributed by atoms with Crippen LogP contribution in [0.2, 0.25) is 0 Å². The molecule has 1 saturated heterocycles. The molecule has 1 aliphatic heterocycles. The molecule has 0 N–H and O–H groups in total. The number of aryl methyl sites for hydroxylation is 1. The van der Waals surface area contributed by atoms with Gasteiger partial charge in [-0.25, -0.2) is 9.78 Å². The number of aromatic nitrogens is 4. The van der Waals surface area contributed by atoms with Gasteiger partial charge in [-0.2, -0.15) is 5.10 Å². The Hall–Kier alpha value is -3.09. The molecule has 7 heteroatoms. The molecular weight excluding hydrogens is 354 g/mol. The smallest absolute Gasteiger partial charge is 0.340 e. The van der Waals surface area contributed by atoms with Crippen LogP contribution in [0.3, 0.4) is 0 Å². The van der Waals surface area contributed by atoms with Gasteiger partial charge in [0.1, 0.15) is 5.82 Å². The van der Waals surface area contributed by atoms with Crippen molar-refractivity contribution in [1.29, 1.82) is 0 Å². The standard InChI is InChI=1S/C21H23N5O2/c1-24-9-17(7-23-24)18-12-25(13-19(18)21(27)28-2)8-14-3-4-20(22-6-14)26-10-15-5-16(15)11-26/h3-4,6-7,9,12-13,15-16H,5,8,10-11H2,1-2H3. The Labute approximate surface area is 163 Å². The molecule has 2 fully saturated rings. The van der Waals surface area contributed by atoms with Gasteiger partial charge in [0.2, 0.25) is 0 Å². The van der Waals surface area contributed by atoms with Gasteiger partial charge in [0.15, 0.2) is 0 Å². The van der Waals surface area contributed by atoms with Gasteiger partial charge in [-0.05, 0) is 29.9 Å². The van der Waals surface area contributed by atoms with E-state index in [0.29, 0.717) is 12.1 Å². The van der Waals surface area contributed by atoms with Crippen LogP contribution < -0.4 is 4.90 Å². The Morgan fingerprint density at radius 2 is 2.00 bits per heavy atom. The maximum Gasteiger partial charge on any atom is 0.340 e. The number of ether oxygens (including phenoxy) is 1. The Morgan fingerprint density at radius 1 is 1.18 bits per heavy atom. The van der Waals surface area contributed by atoms with E-state index in [1.54, 1.807) is 10.9 Å². The number of hydrogen-bond donors (Lipinski definition) is 0. The van der Waals surface area contributed by atoms with Crippen LogP contribution in [-0.2, 0) is 18.3 Å². The second kappa shape index (κ2) is 6.51. The zero-order valence-corrected chi connectivity index (χ0v) is 16.1. The average molecular weight is 377 g/mol. The largest absolute Gasteiger partial charge is 0.465 e. The third-order valence-electron chi connectivity index (χ3n) is 5.78. The molecule has 0 radical (unpaired) electrons. The fourth-order valence-corrected chi connectivity index (χ4v) is 4.16. The SMILES string of the molecule is COC(=O)c1cn(Cc2ccc(N3CC4CC4C3)nc2)cc1-c1cnn(C)c1. The highest BCUT2D eigenvalue weighted by molar-refractivity contribution is 5.97. The van der Waals surface area contributed by atoms with Crippen molar-refractivity contribution < 1.29 is 9.53 Å². The first-order valence-electron chi connectivity index (χ1n) is 9.57. The highest BCUT2D eigenvalue weighted by Crippen LogP contribution is 2.45. The average Bonchev–Trinajstić information content (AvgIpc) is 3.08. The normalized spacial score (nSPS) is 20.3. The molecule has 5 rings (SSSR count). The number of carbonyl (C=O) groups excluding carboxylic acids is 1. The zero-order chi connectivity index (χ0) is 19.3. The predicted molar refractivity (Wildman–Crippen MR) is 105 cm³/mol. The van der Waals surface area contributed by atoms with Crippen LogP contribution in [0.25, 0.3) is 11.1 Å². The number of fused-ring (bicyclic) bond motifs is 1. The maximum atomic E-state index is 12.2. The van der Waals surface area contributed by atoms with E-state index in [9.17, 15) is 4.79 Å². The Balaban J connectivity index is 1.37. The van der Waals surface area contributed by atoms with Gasteiger partial charge in [-0.1, -0.05) is 6.07 Å². The lowest BCUT2D eigenvalue weighted by Crippen LogP contribution is -2.22. The van der Waals surface area contributed by atoms with Gasteiger partial charge in [0.05, 0.1) is 18.9 Å². The van der Waals surface area contributed by atoms with Crippen molar-refractivity contribution in [3.63, 3.8) is 0 Å². The van der Waals surface area contributed by atoms with E-state index in [1.807, 2.05) is 36.4 Å². The molecule has 0 amide bonds. The Morgan fingerprint density at radius 3 is 2.64 bits per heavy atom. The molecule has 144 valence electrons. The summed E-state index contributed by atoms with van der Waals surface area (Å²) in [5.41, 5.74) is 3.34. The first-order chi connectivity index (χ1) is 13.6. The van der Waals surface area contributed by atoms with E-state index in [2.05, 4.69) is 27.1 Å². The number of piperidine rings is 1. The lowest BCUT2D eigenvalue weighted by molar-refractivity contribution is 0.0601. The molecular formula is C21H23N5O2. The third kappa shape index (κ3) is 3.06. The number of pyridine rings is 1. The summed E-state index contributed by atoms with van der Waals surface area (Å²) in [6, 6.07) is 4.22. The van der Waals surface area contributed by atoms with E-state index >= 15 is 0 Å². The van der Waals surface area contributed by atoms with Gasteiger partial charge < -0.3 is 14.2 Å². The van der Waals surface area contributed by atoms with Gasteiger partial charge >= 0.3 is 5.97 Å². The van der Waals surface area contributed by atoms with Gasteiger partial charge in [0.25, 0.3) is 0 Å². The van der Waals surface area contributed by atoms with Crippen molar-refractivity contribution in [2.24, 2.45) is 18.9 Å². The lowest BCUT2D eigenvalue weighted by Gasteiger charge is -2.19. The summed E-state index contributed by atoms with van der Waals surface area (Å²) in [6.07, 6.45) is 10.8. The Kier molecular flexibility index (Phi) is 3.96. The van der Waals surface area contributed by atoms with Crippen LogP contribution >= 0.6 is 0 Å². The van der Waals surface area contributed by atoms with E-state index < -0.39 is 0 Å². The first kappa shape index (κ1) is 17.0. The third-order valence-corrected chi connectivity index (χ3v) is 5.78. The summed E-state index contributed by atoms with van der Waals surface area (Å²) in [6.45, 7) is 2.93. The minimum atomic E-state index is -0.348. The van der Waals surface area contributed by atoms with Crippen molar-refractivity contribution >= 4 is 11.8 Å². The highest BCUT2D eigenvalue weighted by atomic mass is 16.5. The number of esters is 1. The van der Waals surface area contributed by atoms with Crippen molar-refractivity contribution in [3.05, 3.63) is 54.2 Å². The second-order valence-electron chi connectivity index (χ2n) is 7.84. The molecule has 3 aromatic heterocycles. The fraction of sp³-hybridized carbons (Fsp3) is 0.381. The summed E-state index contributed by atoms with van der Waals surface area (Å²) in [5.74, 6) is 2.50. The van der Waals surface area contributed by atoms with Crippen LogP contribution in [0.15, 0.2) is 43.1 Å². The number of hydrogen-bond acceptors (Lipinski definition) is 5. The topological polar surface area (TPSA) is 65.2 Å². The summed E-state index contributed by atoms with van der Waals surface area (Å²) in [4.78, 5) is 19.3. The molecule has 7 nitrogen and oxygen atoms in total. The van der Waals surface area contributed by atoms with Crippen LogP contribution in [0.5, 0.6) is 0 Å². The Bertz CT molecular complexity index is 1010. The molecule has 1 aliphatic carbocycles. The van der Waals surface area contributed by atoms with E-state index in [0.717, 1.165) is 47.4 Å². The second-order valence-corrected chi connectivity index (χ2v) is 7.84. The highest BCUT2D eigenvalue weighted by Gasteiger charge is 2.45. The summed E-state index contributed by atoms with van der Waals surface area (Å²) in [5, 5.41) is 4.21. The fourth-order valence-electron chi connectivity index (χ4n) is 4.16. The van der Waals surface area contributed by atoms with Gasteiger partial charge in [0, 0.05) is 62.6 Å². The maximum absolute atomic E-state index is 12.2. The van der Waals surface area contributed by atoms with Crippen molar-refractivity contribution in [1.82, 2.24) is 19.3 Å². The molecule has 0 spiro atoms. The van der Waals surface area contributed by atoms with Crippen LogP contribution in [0, 0.1) is 11.8 Å². The van der Waals surface area contributed by atoms with E-state index in [-0.39, 0.29) is 5.97 Å². The van der Waals surface area contributed by atoms with E-state index in [1.165, 1.54) is 13.5 Å². The minimum absolute atomic E-state index is 0.348. The predicted octanol–water partition coefficient (Wildman–Crippen LogP) is 2.57. The van der Waals surface area contributed by atoms with E-state index in [4.69, 9.17) is 4.74 Å². The number of nitrogens with zero attached hydrogens (tertiary/aromatic N) is 5.